The van der Waals surface area contributed by atoms with E-state index in [2.05, 4.69) is 10.6 Å². The molecule has 114 valence electrons. The topological polar surface area (TPSA) is 85.6 Å². The minimum absolute atomic E-state index is 0.0102. The molecular formula is C13H23N3O3S. The SMILES string of the molecule is CNC(=O)c1sc(NCCCOC)c(OC(C)C)c1N. The number of nitrogens with two attached hydrogens (primary N) is 1. The number of methoxy groups -OCH3 is 1. The van der Waals surface area contributed by atoms with Crippen LogP contribution in [0.3, 0.4) is 0 Å². The van der Waals surface area contributed by atoms with Gasteiger partial charge in [-0.3, -0.25) is 4.79 Å². The smallest absolute Gasteiger partial charge is 0.263 e. The molecule has 4 N–H and O–H groups in total. The van der Waals surface area contributed by atoms with Gasteiger partial charge in [0.05, 0.1) is 6.10 Å². The summed E-state index contributed by atoms with van der Waals surface area (Å²) in [6, 6.07) is 0. The van der Waals surface area contributed by atoms with Crippen molar-refractivity contribution in [2.24, 2.45) is 0 Å². The molecule has 0 saturated carbocycles. The van der Waals surface area contributed by atoms with Crippen LogP contribution in [0.15, 0.2) is 0 Å². The van der Waals surface area contributed by atoms with E-state index >= 15 is 0 Å². The molecule has 1 heterocycles. The van der Waals surface area contributed by atoms with Crippen LogP contribution < -0.4 is 21.1 Å². The average molecular weight is 301 g/mol. The van der Waals surface area contributed by atoms with Crippen molar-refractivity contribution in [1.82, 2.24) is 5.32 Å². The first kappa shape index (κ1) is 16.6. The van der Waals surface area contributed by atoms with Crippen molar-refractivity contribution in [3.8, 4) is 5.75 Å². The van der Waals surface area contributed by atoms with Crippen LogP contribution in [-0.4, -0.2) is 39.3 Å². The molecule has 0 spiro atoms. The summed E-state index contributed by atoms with van der Waals surface area (Å²) < 4.78 is 10.7. The lowest BCUT2D eigenvalue weighted by Gasteiger charge is -2.12. The first-order chi connectivity index (χ1) is 9.51. The van der Waals surface area contributed by atoms with Crippen LogP contribution in [0, 0.1) is 0 Å². The highest BCUT2D eigenvalue weighted by molar-refractivity contribution is 7.19. The Morgan fingerprint density at radius 1 is 1.45 bits per heavy atom. The van der Waals surface area contributed by atoms with Crippen LogP contribution in [0.5, 0.6) is 5.75 Å². The van der Waals surface area contributed by atoms with Gasteiger partial charge in [-0.25, -0.2) is 0 Å². The molecule has 6 nitrogen and oxygen atoms in total. The van der Waals surface area contributed by atoms with Gasteiger partial charge >= 0.3 is 0 Å². The molecule has 7 heteroatoms. The normalized spacial score (nSPS) is 10.7. The second-order valence-corrected chi connectivity index (χ2v) is 5.54. The van der Waals surface area contributed by atoms with Crippen molar-refractivity contribution < 1.29 is 14.3 Å². The molecule has 1 aromatic rings. The summed E-state index contributed by atoms with van der Waals surface area (Å²) in [7, 11) is 3.25. The summed E-state index contributed by atoms with van der Waals surface area (Å²) in [5.74, 6) is 0.354. The molecular weight excluding hydrogens is 278 g/mol. The number of carbonyl (C=O) groups excluding carboxylic acids is 1. The maximum absolute atomic E-state index is 11.8. The number of thiophene rings is 1. The standard InChI is InChI=1S/C13H23N3O3S/c1-8(2)19-10-9(14)11(12(17)15-3)20-13(10)16-6-5-7-18-4/h8,16H,5-7,14H2,1-4H3,(H,15,17). The van der Waals surface area contributed by atoms with Crippen LogP contribution in [0.1, 0.15) is 29.9 Å². The molecule has 1 aromatic heterocycles. The predicted octanol–water partition coefficient (Wildman–Crippen LogP) is 1.93. The Balaban J connectivity index is 2.91. The van der Waals surface area contributed by atoms with Gasteiger partial charge in [-0.15, -0.1) is 11.3 Å². The average Bonchev–Trinajstić information content (AvgIpc) is 2.71. The van der Waals surface area contributed by atoms with E-state index in [1.165, 1.54) is 11.3 Å². The molecule has 1 amide bonds. The third-order valence-corrected chi connectivity index (χ3v) is 3.64. The summed E-state index contributed by atoms with van der Waals surface area (Å²) in [4.78, 5) is 12.2. The monoisotopic (exact) mass is 301 g/mol. The fraction of sp³-hybridized carbons (Fsp3) is 0.615. The quantitative estimate of drug-likeness (QED) is 0.639. The second-order valence-electron chi connectivity index (χ2n) is 4.52. The van der Waals surface area contributed by atoms with Crippen molar-refractivity contribution >= 4 is 27.9 Å². The molecule has 0 aliphatic heterocycles. The maximum atomic E-state index is 11.8. The molecule has 0 fully saturated rings. The van der Waals surface area contributed by atoms with Crippen LogP contribution in [0.25, 0.3) is 0 Å². The van der Waals surface area contributed by atoms with Crippen molar-refractivity contribution in [2.45, 2.75) is 26.4 Å². The fourth-order valence-electron chi connectivity index (χ4n) is 1.60. The molecule has 0 atom stereocenters. The van der Waals surface area contributed by atoms with Gasteiger partial charge in [0.2, 0.25) is 0 Å². The van der Waals surface area contributed by atoms with Gasteiger partial charge in [0.15, 0.2) is 5.75 Å². The van der Waals surface area contributed by atoms with E-state index in [-0.39, 0.29) is 12.0 Å². The zero-order valence-corrected chi connectivity index (χ0v) is 13.2. The molecule has 0 unspecified atom stereocenters. The lowest BCUT2D eigenvalue weighted by Crippen LogP contribution is -2.17. The zero-order valence-electron chi connectivity index (χ0n) is 12.4. The van der Waals surface area contributed by atoms with E-state index in [9.17, 15) is 4.79 Å². The van der Waals surface area contributed by atoms with Crippen molar-refractivity contribution in [3.05, 3.63) is 4.88 Å². The van der Waals surface area contributed by atoms with E-state index < -0.39 is 0 Å². The van der Waals surface area contributed by atoms with E-state index in [1.54, 1.807) is 14.2 Å². The first-order valence-corrected chi connectivity index (χ1v) is 7.36. The Morgan fingerprint density at radius 3 is 2.70 bits per heavy atom. The number of amides is 1. The summed E-state index contributed by atoms with van der Waals surface area (Å²) in [6.07, 6.45) is 0.856. The molecule has 1 rings (SSSR count). The van der Waals surface area contributed by atoms with Crippen LogP contribution in [0.4, 0.5) is 10.7 Å². The Kier molecular flexibility index (Phi) is 6.60. The number of hydrogen-bond acceptors (Lipinski definition) is 6. The van der Waals surface area contributed by atoms with Gasteiger partial charge in [0.1, 0.15) is 15.6 Å². The summed E-state index contributed by atoms with van der Waals surface area (Å²) in [5.41, 5.74) is 6.41. The lowest BCUT2D eigenvalue weighted by molar-refractivity contribution is 0.0967. The van der Waals surface area contributed by atoms with Gasteiger partial charge in [-0.1, -0.05) is 0 Å². The Labute approximate surface area is 123 Å². The van der Waals surface area contributed by atoms with Gasteiger partial charge < -0.3 is 25.8 Å². The number of carbonyl (C=O) groups is 1. The second kappa shape index (κ2) is 7.96. The number of nitrogens with one attached hydrogen (secondary N) is 2. The minimum atomic E-state index is -0.203. The molecule has 0 bridgehead atoms. The number of hydrogen-bond donors (Lipinski definition) is 3. The molecule has 0 radical (unpaired) electrons. The zero-order chi connectivity index (χ0) is 15.1. The first-order valence-electron chi connectivity index (χ1n) is 6.55. The number of ether oxygens (including phenoxy) is 2. The van der Waals surface area contributed by atoms with Crippen LogP contribution in [-0.2, 0) is 4.74 Å². The van der Waals surface area contributed by atoms with E-state index in [1.807, 2.05) is 13.8 Å². The van der Waals surface area contributed by atoms with Gasteiger partial charge in [0.25, 0.3) is 5.91 Å². The van der Waals surface area contributed by atoms with Crippen molar-refractivity contribution in [3.63, 3.8) is 0 Å². The third kappa shape index (κ3) is 4.28. The number of anilines is 2. The Hall–Kier alpha value is -1.47. The molecule has 0 saturated heterocycles. The Bertz CT molecular complexity index is 446. The minimum Gasteiger partial charge on any atom is -0.486 e. The van der Waals surface area contributed by atoms with Crippen molar-refractivity contribution in [1.29, 1.82) is 0 Å². The fourth-order valence-corrected chi connectivity index (χ4v) is 2.63. The largest absolute Gasteiger partial charge is 0.486 e. The highest BCUT2D eigenvalue weighted by atomic mass is 32.1. The number of rotatable bonds is 8. The molecule has 0 aromatic carbocycles. The number of nitrogen functional groups attached to an aromatic ring is 1. The molecule has 0 aliphatic rings. The van der Waals surface area contributed by atoms with Gasteiger partial charge in [-0.2, -0.15) is 0 Å². The third-order valence-electron chi connectivity index (χ3n) is 2.50. The highest BCUT2D eigenvalue weighted by Gasteiger charge is 2.22. The van der Waals surface area contributed by atoms with Crippen LogP contribution >= 0.6 is 11.3 Å². The van der Waals surface area contributed by atoms with Gasteiger partial charge in [-0.05, 0) is 20.3 Å². The van der Waals surface area contributed by atoms with E-state index in [0.29, 0.717) is 22.9 Å². The maximum Gasteiger partial charge on any atom is 0.263 e. The van der Waals surface area contributed by atoms with E-state index in [0.717, 1.165) is 18.0 Å². The van der Waals surface area contributed by atoms with Gasteiger partial charge in [0, 0.05) is 27.3 Å². The molecule has 0 aliphatic carbocycles. The predicted molar refractivity (Wildman–Crippen MR) is 82.9 cm³/mol. The molecule has 20 heavy (non-hydrogen) atoms. The Morgan fingerprint density at radius 2 is 2.15 bits per heavy atom. The van der Waals surface area contributed by atoms with Crippen LogP contribution in [0.2, 0.25) is 0 Å². The highest BCUT2D eigenvalue weighted by Crippen LogP contribution is 2.43. The van der Waals surface area contributed by atoms with E-state index in [4.69, 9.17) is 15.2 Å². The summed E-state index contributed by atoms with van der Waals surface area (Å²) >= 11 is 1.30. The lowest BCUT2D eigenvalue weighted by atomic mass is 10.3. The summed E-state index contributed by atoms with van der Waals surface area (Å²) in [5, 5.41) is 6.61. The van der Waals surface area contributed by atoms with Crippen molar-refractivity contribution in [2.75, 3.05) is 38.4 Å². The summed E-state index contributed by atoms with van der Waals surface area (Å²) in [6.45, 7) is 5.25.